The number of carbonyl (C=O) groups excluding carboxylic acids is 2. The van der Waals surface area contributed by atoms with Crippen molar-refractivity contribution < 1.29 is 19.1 Å². The SMILES string of the molecule is CCOC(=O)c1cc(-c2ccc(Br)cc2)nn1[C@@]1(CC(C)C)N[C@@H]1C(=O)OC. The molecule has 2 atom stereocenters. The van der Waals surface area contributed by atoms with Gasteiger partial charge in [0.15, 0.2) is 0 Å². The van der Waals surface area contributed by atoms with Crippen LogP contribution in [0.1, 0.15) is 37.7 Å². The van der Waals surface area contributed by atoms with Gasteiger partial charge in [-0.25, -0.2) is 9.48 Å². The standard InChI is InChI=1S/C20H24BrN3O4/c1-5-28-18(25)16-10-15(13-6-8-14(21)9-7-13)23-24(16)20(11-12(2)3)17(22-20)19(26)27-4/h6-10,12,17,22H,5,11H2,1-4H3/t17-,20-/m1/s1. The monoisotopic (exact) mass is 449 g/mol. The van der Waals surface area contributed by atoms with E-state index >= 15 is 0 Å². The Morgan fingerprint density at radius 3 is 2.57 bits per heavy atom. The van der Waals surface area contributed by atoms with E-state index in [0.717, 1.165) is 10.0 Å². The van der Waals surface area contributed by atoms with Gasteiger partial charge in [0.2, 0.25) is 0 Å². The summed E-state index contributed by atoms with van der Waals surface area (Å²) in [5, 5.41) is 7.90. The van der Waals surface area contributed by atoms with Crippen molar-refractivity contribution in [3.63, 3.8) is 0 Å². The zero-order valence-electron chi connectivity index (χ0n) is 16.4. The minimum absolute atomic E-state index is 0.253. The summed E-state index contributed by atoms with van der Waals surface area (Å²) in [6.07, 6.45) is 0.612. The highest BCUT2D eigenvalue weighted by Crippen LogP contribution is 2.41. The van der Waals surface area contributed by atoms with Gasteiger partial charge in [0.05, 0.1) is 19.4 Å². The normalized spacial score (nSPS) is 20.9. The molecule has 1 aromatic heterocycles. The van der Waals surface area contributed by atoms with Crippen molar-refractivity contribution in [2.75, 3.05) is 13.7 Å². The molecule has 1 aliphatic rings. The van der Waals surface area contributed by atoms with Crippen LogP contribution in [0.5, 0.6) is 0 Å². The lowest BCUT2D eigenvalue weighted by molar-refractivity contribution is -0.140. The van der Waals surface area contributed by atoms with Gasteiger partial charge in [0.25, 0.3) is 0 Å². The molecular weight excluding hydrogens is 426 g/mol. The Kier molecular flexibility index (Phi) is 5.90. The molecule has 150 valence electrons. The third-order valence-corrected chi connectivity index (χ3v) is 5.19. The summed E-state index contributed by atoms with van der Waals surface area (Å²) in [6, 6.07) is 8.80. The van der Waals surface area contributed by atoms with E-state index in [1.165, 1.54) is 7.11 Å². The minimum atomic E-state index is -0.809. The molecule has 0 radical (unpaired) electrons. The van der Waals surface area contributed by atoms with Gasteiger partial charge in [0, 0.05) is 10.0 Å². The third kappa shape index (κ3) is 3.84. The highest BCUT2D eigenvalue weighted by molar-refractivity contribution is 9.10. The van der Waals surface area contributed by atoms with Crippen LogP contribution >= 0.6 is 15.9 Å². The maximum Gasteiger partial charge on any atom is 0.356 e. The lowest BCUT2D eigenvalue weighted by atomic mass is 10.0. The van der Waals surface area contributed by atoms with Gasteiger partial charge < -0.3 is 9.47 Å². The highest BCUT2D eigenvalue weighted by atomic mass is 79.9. The average molecular weight is 450 g/mol. The smallest absolute Gasteiger partial charge is 0.356 e. The number of methoxy groups -OCH3 is 1. The summed E-state index contributed by atoms with van der Waals surface area (Å²) in [5.41, 5.74) is 0.995. The van der Waals surface area contributed by atoms with Crippen LogP contribution in [-0.2, 0) is 19.9 Å². The molecule has 1 aliphatic heterocycles. The van der Waals surface area contributed by atoms with Crippen molar-refractivity contribution in [1.82, 2.24) is 15.1 Å². The molecule has 1 saturated heterocycles. The summed E-state index contributed by atoms with van der Waals surface area (Å²) < 4.78 is 12.7. The second-order valence-corrected chi connectivity index (χ2v) is 8.09. The molecule has 3 rings (SSSR count). The number of hydrogen-bond acceptors (Lipinski definition) is 6. The molecule has 1 aromatic carbocycles. The van der Waals surface area contributed by atoms with Crippen LogP contribution in [-0.4, -0.2) is 41.5 Å². The predicted molar refractivity (Wildman–Crippen MR) is 108 cm³/mol. The molecule has 0 spiro atoms. The number of carbonyl (C=O) groups is 2. The fourth-order valence-corrected chi connectivity index (χ4v) is 3.71. The van der Waals surface area contributed by atoms with Crippen molar-refractivity contribution in [3.8, 4) is 11.3 Å². The summed E-state index contributed by atoms with van der Waals surface area (Å²) in [6.45, 7) is 6.12. The zero-order chi connectivity index (χ0) is 20.5. The van der Waals surface area contributed by atoms with Crippen molar-refractivity contribution in [3.05, 3.63) is 40.5 Å². The molecule has 0 amide bonds. The van der Waals surface area contributed by atoms with E-state index in [4.69, 9.17) is 14.6 Å². The molecule has 1 N–H and O–H groups in total. The first-order valence-electron chi connectivity index (χ1n) is 9.21. The van der Waals surface area contributed by atoms with E-state index in [1.54, 1.807) is 17.7 Å². The molecule has 2 heterocycles. The topological polar surface area (TPSA) is 92.4 Å². The summed E-state index contributed by atoms with van der Waals surface area (Å²) >= 11 is 3.42. The molecule has 0 aliphatic carbocycles. The first kappa shape index (κ1) is 20.5. The number of nitrogens with one attached hydrogen (secondary N) is 1. The van der Waals surface area contributed by atoms with Gasteiger partial charge in [-0.3, -0.25) is 10.1 Å². The number of hydrogen-bond donors (Lipinski definition) is 1. The molecule has 0 saturated carbocycles. The summed E-state index contributed by atoms with van der Waals surface area (Å²) in [4.78, 5) is 24.9. The molecule has 2 aromatic rings. The highest BCUT2D eigenvalue weighted by Gasteiger charge is 2.62. The van der Waals surface area contributed by atoms with Crippen molar-refractivity contribution >= 4 is 27.9 Å². The van der Waals surface area contributed by atoms with E-state index in [0.29, 0.717) is 17.8 Å². The van der Waals surface area contributed by atoms with Gasteiger partial charge in [-0.2, -0.15) is 5.10 Å². The maximum absolute atomic E-state index is 12.6. The van der Waals surface area contributed by atoms with E-state index in [1.807, 2.05) is 24.3 Å². The Morgan fingerprint density at radius 1 is 1.32 bits per heavy atom. The Bertz CT molecular complexity index is 878. The van der Waals surface area contributed by atoms with Crippen LogP contribution in [0.2, 0.25) is 0 Å². The largest absolute Gasteiger partial charge is 0.468 e. The van der Waals surface area contributed by atoms with Crippen molar-refractivity contribution in [2.45, 2.75) is 38.9 Å². The minimum Gasteiger partial charge on any atom is -0.468 e. The second-order valence-electron chi connectivity index (χ2n) is 7.18. The third-order valence-electron chi connectivity index (χ3n) is 4.66. The Morgan fingerprint density at radius 2 is 2.00 bits per heavy atom. The van der Waals surface area contributed by atoms with Crippen LogP contribution in [0, 0.1) is 5.92 Å². The van der Waals surface area contributed by atoms with Crippen LogP contribution < -0.4 is 5.32 Å². The number of aromatic nitrogens is 2. The number of benzene rings is 1. The molecule has 0 bridgehead atoms. The average Bonchev–Trinajstić information content (AvgIpc) is 3.18. The van der Waals surface area contributed by atoms with Crippen LogP contribution in [0.3, 0.4) is 0 Å². The Hall–Kier alpha value is -2.19. The van der Waals surface area contributed by atoms with Gasteiger partial charge >= 0.3 is 11.9 Å². The predicted octanol–water partition coefficient (Wildman–Crippen LogP) is 3.33. The molecule has 7 nitrogen and oxygen atoms in total. The second kappa shape index (κ2) is 8.05. The van der Waals surface area contributed by atoms with E-state index in [9.17, 15) is 9.59 Å². The van der Waals surface area contributed by atoms with Crippen LogP contribution in [0.25, 0.3) is 11.3 Å². The Balaban J connectivity index is 2.10. The fourth-order valence-electron chi connectivity index (χ4n) is 3.45. The molecule has 28 heavy (non-hydrogen) atoms. The van der Waals surface area contributed by atoms with Crippen LogP contribution in [0.4, 0.5) is 0 Å². The number of nitrogens with zero attached hydrogens (tertiary/aromatic N) is 2. The number of ether oxygens (including phenoxy) is 2. The zero-order valence-corrected chi connectivity index (χ0v) is 17.9. The van der Waals surface area contributed by atoms with Gasteiger partial charge in [-0.05, 0) is 37.5 Å². The lowest BCUT2D eigenvalue weighted by Crippen LogP contribution is -2.33. The lowest BCUT2D eigenvalue weighted by Gasteiger charge is -2.20. The number of esters is 2. The van der Waals surface area contributed by atoms with Crippen LogP contribution in [0.15, 0.2) is 34.8 Å². The summed E-state index contributed by atoms with van der Waals surface area (Å²) in [7, 11) is 1.35. The quantitative estimate of drug-likeness (QED) is 0.514. The Labute approximate surface area is 172 Å². The first-order chi connectivity index (χ1) is 13.3. The van der Waals surface area contributed by atoms with Gasteiger partial charge in [-0.1, -0.05) is 41.9 Å². The van der Waals surface area contributed by atoms with E-state index in [-0.39, 0.29) is 18.5 Å². The molecule has 0 unspecified atom stereocenters. The number of halogens is 1. The van der Waals surface area contributed by atoms with Gasteiger partial charge in [0.1, 0.15) is 17.4 Å². The van der Waals surface area contributed by atoms with E-state index in [2.05, 4.69) is 35.1 Å². The first-order valence-corrected chi connectivity index (χ1v) is 10.0. The molecule has 1 fully saturated rings. The van der Waals surface area contributed by atoms with Gasteiger partial charge in [-0.15, -0.1) is 0 Å². The fraction of sp³-hybridized carbons (Fsp3) is 0.450. The number of rotatable bonds is 7. The summed E-state index contributed by atoms with van der Waals surface area (Å²) in [5.74, 6) is -0.590. The van der Waals surface area contributed by atoms with Crippen molar-refractivity contribution in [1.29, 1.82) is 0 Å². The van der Waals surface area contributed by atoms with Crippen molar-refractivity contribution in [2.24, 2.45) is 5.92 Å². The molecule has 8 heteroatoms. The maximum atomic E-state index is 12.6. The van der Waals surface area contributed by atoms with E-state index < -0.39 is 17.7 Å². The molecular formula is C20H24BrN3O4.